The van der Waals surface area contributed by atoms with Crippen LogP contribution < -0.4 is 10.5 Å². The third-order valence-electron chi connectivity index (χ3n) is 2.11. The fourth-order valence-corrected chi connectivity index (χ4v) is 1.28. The van der Waals surface area contributed by atoms with Crippen molar-refractivity contribution in [2.45, 2.75) is 13.0 Å². The molecule has 88 valence electrons. The Morgan fingerprint density at radius 2 is 2.06 bits per heavy atom. The van der Waals surface area contributed by atoms with Gasteiger partial charge >= 0.3 is 0 Å². The molecule has 0 fully saturated rings. The van der Waals surface area contributed by atoms with Crippen LogP contribution in [-0.2, 0) is 4.74 Å². The van der Waals surface area contributed by atoms with Crippen LogP contribution in [0, 0.1) is 0 Å². The second kappa shape index (κ2) is 6.25. The number of Topliss-reactive ketones (excluding diaryl/α,β-unsaturated/α-hetero) is 1. The average Bonchev–Trinajstić information content (AvgIpc) is 2.29. The molecule has 0 aliphatic heterocycles. The predicted molar refractivity (Wildman–Crippen MR) is 61.8 cm³/mol. The molecule has 16 heavy (non-hydrogen) atoms. The summed E-state index contributed by atoms with van der Waals surface area (Å²) in [5, 5.41) is 0. The van der Waals surface area contributed by atoms with Gasteiger partial charge in [0.15, 0.2) is 5.78 Å². The Morgan fingerprint density at radius 3 is 2.69 bits per heavy atom. The fourth-order valence-electron chi connectivity index (χ4n) is 1.28. The van der Waals surface area contributed by atoms with Crippen LogP contribution in [-0.4, -0.2) is 32.1 Å². The fraction of sp³-hybridized carbons (Fsp3) is 0.417. The Bertz CT molecular complexity index is 350. The molecule has 1 unspecified atom stereocenters. The third kappa shape index (κ3) is 3.32. The number of methoxy groups -OCH3 is 1. The molecule has 0 heterocycles. The predicted octanol–water partition coefficient (Wildman–Crippen LogP) is 1.24. The lowest BCUT2D eigenvalue weighted by Gasteiger charge is -2.11. The molecule has 0 spiro atoms. The molecule has 2 N–H and O–H groups in total. The molecule has 0 bridgehead atoms. The number of carbonyl (C=O) groups excluding carboxylic acids is 1. The van der Waals surface area contributed by atoms with E-state index in [0.717, 1.165) is 0 Å². The molecule has 1 aromatic carbocycles. The average molecular weight is 223 g/mol. The van der Waals surface area contributed by atoms with Crippen molar-refractivity contribution in [2.75, 3.05) is 20.3 Å². The van der Waals surface area contributed by atoms with Crippen molar-refractivity contribution in [3.63, 3.8) is 0 Å². The lowest BCUT2D eigenvalue weighted by Crippen LogP contribution is -2.27. The lowest BCUT2D eigenvalue weighted by molar-refractivity contribution is 0.0960. The number of ether oxygens (including phenoxy) is 2. The van der Waals surface area contributed by atoms with Gasteiger partial charge < -0.3 is 15.2 Å². The van der Waals surface area contributed by atoms with Crippen molar-refractivity contribution in [3.8, 4) is 5.75 Å². The highest BCUT2D eigenvalue weighted by Gasteiger charge is 2.15. The smallest absolute Gasteiger partial charge is 0.182 e. The Kier molecular flexibility index (Phi) is 4.95. The molecule has 0 amide bonds. The van der Waals surface area contributed by atoms with E-state index in [2.05, 4.69) is 0 Å². The van der Waals surface area contributed by atoms with E-state index in [4.69, 9.17) is 15.2 Å². The standard InChI is InChI=1S/C12H17NO3/c1-9(13)12(14)10-5-3-4-6-11(10)16-8-7-15-2/h3-6,9H,7-8,13H2,1-2H3. The minimum absolute atomic E-state index is 0.118. The van der Waals surface area contributed by atoms with Crippen LogP contribution in [0.15, 0.2) is 24.3 Å². The maximum Gasteiger partial charge on any atom is 0.182 e. The lowest BCUT2D eigenvalue weighted by atomic mass is 10.1. The van der Waals surface area contributed by atoms with Gasteiger partial charge in [-0.1, -0.05) is 12.1 Å². The van der Waals surface area contributed by atoms with E-state index in [-0.39, 0.29) is 5.78 Å². The van der Waals surface area contributed by atoms with E-state index in [1.807, 2.05) is 6.07 Å². The van der Waals surface area contributed by atoms with Crippen LogP contribution in [0.4, 0.5) is 0 Å². The number of rotatable bonds is 6. The topological polar surface area (TPSA) is 61.5 Å². The summed E-state index contributed by atoms with van der Waals surface area (Å²) in [6, 6.07) is 6.56. The van der Waals surface area contributed by atoms with E-state index < -0.39 is 6.04 Å². The number of nitrogens with two attached hydrogens (primary N) is 1. The largest absolute Gasteiger partial charge is 0.490 e. The van der Waals surface area contributed by atoms with E-state index in [1.54, 1.807) is 32.2 Å². The summed E-state index contributed by atoms with van der Waals surface area (Å²) in [5.74, 6) is 0.440. The number of hydrogen-bond donors (Lipinski definition) is 1. The van der Waals surface area contributed by atoms with Gasteiger partial charge in [0.25, 0.3) is 0 Å². The van der Waals surface area contributed by atoms with Gasteiger partial charge in [-0.05, 0) is 19.1 Å². The summed E-state index contributed by atoms with van der Waals surface area (Å²) in [6.07, 6.45) is 0. The highest BCUT2D eigenvalue weighted by atomic mass is 16.5. The molecule has 0 aliphatic carbocycles. The number of benzene rings is 1. The normalized spacial score (nSPS) is 12.2. The van der Waals surface area contributed by atoms with Crippen molar-refractivity contribution >= 4 is 5.78 Å². The summed E-state index contributed by atoms with van der Waals surface area (Å²) >= 11 is 0. The molecule has 0 radical (unpaired) electrons. The van der Waals surface area contributed by atoms with Crippen molar-refractivity contribution in [2.24, 2.45) is 5.73 Å². The summed E-state index contributed by atoms with van der Waals surface area (Å²) in [5.41, 5.74) is 6.08. The molecule has 0 aliphatic rings. The second-order valence-corrected chi connectivity index (χ2v) is 3.49. The molecule has 1 atom stereocenters. The number of ketones is 1. The molecular formula is C12H17NO3. The van der Waals surface area contributed by atoms with Crippen molar-refractivity contribution < 1.29 is 14.3 Å². The quantitative estimate of drug-likeness (QED) is 0.582. The molecule has 0 saturated heterocycles. The highest BCUT2D eigenvalue weighted by molar-refractivity contribution is 6.01. The molecule has 1 rings (SSSR count). The zero-order chi connectivity index (χ0) is 12.0. The van der Waals surface area contributed by atoms with Crippen molar-refractivity contribution in [3.05, 3.63) is 29.8 Å². The zero-order valence-electron chi connectivity index (χ0n) is 9.60. The first-order valence-electron chi connectivity index (χ1n) is 5.17. The summed E-state index contributed by atoms with van der Waals surface area (Å²) in [7, 11) is 1.60. The Hall–Kier alpha value is -1.39. The Labute approximate surface area is 95.3 Å². The Morgan fingerprint density at radius 1 is 1.38 bits per heavy atom. The monoisotopic (exact) mass is 223 g/mol. The van der Waals surface area contributed by atoms with Crippen LogP contribution >= 0.6 is 0 Å². The van der Waals surface area contributed by atoms with E-state index in [9.17, 15) is 4.79 Å². The molecular weight excluding hydrogens is 206 g/mol. The minimum Gasteiger partial charge on any atom is -0.490 e. The second-order valence-electron chi connectivity index (χ2n) is 3.49. The van der Waals surface area contributed by atoms with Gasteiger partial charge in [0, 0.05) is 7.11 Å². The van der Waals surface area contributed by atoms with Crippen LogP contribution in [0.5, 0.6) is 5.75 Å². The number of para-hydroxylation sites is 1. The van der Waals surface area contributed by atoms with Crippen molar-refractivity contribution in [1.82, 2.24) is 0 Å². The first kappa shape index (κ1) is 12.7. The van der Waals surface area contributed by atoms with E-state index >= 15 is 0 Å². The molecule has 0 saturated carbocycles. The highest BCUT2D eigenvalue weighted by Crippen LogP contribution is 2.19. The van der Waals surface area contributed by atoms with Crippen molar-refractivity contribution in [1.29, 1.82) is 0 Å². The van der Waals surface area contributed by atoms with Crippen LogP contribution in [0.25, 0.3) is 0 Å². The van der Waals surface area contributed by atoms with Crippen LogP contribution in [0.1, 0.15) is 17.3 Å². The van der Waals surface area contributed by atoms with Gasteiger partial charge in [-0.3, -0.25) is 4.79 Å². The zero-order valence-corrected chi connectivity index (χ0v) is 9.60. The van der Waals surface area contributed by atoms with Gasteiger partial charge in [-0.2, -0.15) is 0 Å². The van der Waals surface area contributed by atoms with Gasteiger partial charge in [0.1, 0.15) is 12.4 Å². The number of carbonyl (C=O) groups is 1. The van der Waals surface area contributed by atoms with Gasteiger partial charge in [0.05, 0.1) is 18.2 Å². The van der Waals surface area contributed by atoms with E-state index in [1.165, 1.54) is 0 Å². The maximum absolute atomic E-state index is 11.8. The van der Waals surface area contributed by atoms with Gasteiger partial charge in [0.2, 0.25) is 0 Å². The maximum atomic E-state index is 11.8. The molecule has 4 nitrogen and oxygen atoms in total. The van der Waals surface area contributed by atoms with E-state index in [0.29, 0.717) is 24.5 Å². The SMILES string of the molecule is COCCOc1ccccc1C(=O)C(C)N. The first-order chi connectivity index (χ1) is 7.66. The first-order valence-corrected chi connectivity index (χ1v) is 5.17. The summed E-state index contributed by atoms with van der Waals surface area (Å²) in [4.78, 5) is 11.8. The van der Waals surface area contributed by atoms with Crippen LogP contribution in [0.2, 0.25) is 0 Å². The van der Waals surface area contributed by atoms with Gasteiger partial charge in [-0.25, -0.2) is 0 Å². The molecule has 4 heteroatoms. The molecule has 0 aromatic heterocycles. The Balaban J connectivity index is 2.79. The third-order valence-corrected chi connectivity index (χ3v) is 2.11. The summed E-state index contributed by atoms with van der Waals surface area (Å²) in [6.45, 7) is 2.56. The molecule has 1 aromatic rings. The summed E-state index contributed by atoms with van der Waals surface area (Å²) < 4.78 is 10.3. The number of hydrogen-bond acceptors (Lipinski definition) is 4. The van der Waals surface area contributed by atoms with Crippen LogP contribution in [0.3, 0.4) is 0 Å². The van der Waals surface area contributed by atoms with Gasteiger partial charge in [-0.15, -0.1) is 0 Å². The minimum atomic E-state index is -0.521.